The van der Waals surface area contributed by atoms with Crippen LogP contribution < -0.4 is 5.32 Å². The van der Waals surface area contributed by atoms with E-state index in [1.54, 1.807) is 12.3 Å². The number of carbonyl (C=O) groups excluding carboxylic acids is 1. The zero-order chi connectivity index (χ0) is 17.9. The van der Waals surface area contributed by atoms with E-state index in [0.29, 0.717) is 12.1 Å². The molecule has 4 rings (SSSR count). The van der Waals surface area contributed by atoms with Crippen LogP contribution in [0.3, 0.4) is 0 Å². The third kappa shape index (κ3) is 3.22. The van der Waals surface area contributed by atoms with Crippen molar-refractivity contribution >= 4 is 16.8 Å². The minimum Gasteiger partial charge on any atom is -0.467 e. The standard InChI is InChI=1S/C22H18N2O2/c1-15-8-10-16(11-9-15)21-13-19(18-6-2-3-7-20(18)24-21)22(25)23-14-17-5-4-12-26-17/h2-13H,14H2,1H3,(H,23,25). The first-order valence-electron chi connectivity index (χ1n) is 8.48. The topological polar surface area (TPSA) is 55.1 Å². The lowest BCUT2D eigenvalue weighted by Crippen LogP contribution is -2.23. The maximum absolute atomic E-state index is 12.8. The molecule has 0 spiro atoms. The van der Waals surface area contributed by atoms with Crippen molar-refractivity contribution in [2.45, 2.75) is 13.5 Å². The number of carbonyl (C=O) groups is 1. The van der Waals surface area contributed by atoms with Gasteiger partial charge in [-0.1, -0.05) is 48.0 Å². The summed E-state index contributed by atoms with van der Waals surface area (Å²) in [7, 11) is 0. The Kier molecular flexibility index (Phi) is 4.23. The Bertz CT molecular complexity index is 1050. The predicted molar refractivity (Wildman–Crippen MR) is 102 cm³/mol. The number of hydrogen-bond acceptors (Lipinski definition) is 3. The molecule has 0 aliphatic rings. The van der Waals surface area contributed by atoms with E-state index in [1.807, 2.05) is 67.6 Å². The van der Waals surface area contributed by atoms with Crippen molar-refractivity contribution in [2.75, 3.05) is 0 Å². The Morgan fingerprint density at radius 2 is 1.85 bits per heavy atom. The Balaban J connectivity index is 1.74. The maximum Gasteiger partial charge on any atom is 0.252 e. The van der Waals surface area contributed by atoms with Gasteiger partial charge in [-0.15, -0.1) is 0 Å². The van der Waals surface area contributed by atoms with Crippen LogP contribution in [0.15, 0.2) is 77.4 Å². The van der Waals surface area contributed by atoms with Crippen molar-refractivity contribution in [3.63, 3.8) is 0 Å². The predicted octanol–water partition coefficient (Wildman–Crippen LogP) is 4.73. The van der Waals surface area contributed by atoms with E-state index in [4.69, 9.17) is 9.40 Å². The molecule has 0 aliphatic heterocycles. The summed E-state index contributed by atoms with van der Waals surface area (Å²) >= 11 is 0. The van der Waals surface area contributed by atoms with Crippen LogP contribution in [-0.2, 0) is 6.54 Å². The van der Waals surface area contributed by atoms with Crippen LogP contribution in [0.4, 0.5) is 0 Å². The molecular formula is C22H18N2O2. The van der Waals surface area contributed by atoms with Gasteiger partial charge in [0.2, 0.25) is 0 Å². The van der Waals surface area contributed by atoms with Gasteiger partial charge in [0.15, 0.2) is 0 Å². The van der Waals surface area contributed by atoms with Gasteiger partial charge >= 0.3 is 0 Å². The molecular weight excluding hydrogens is 324 g/mol. The minimum atomic E-state index is -0.145. The van der Waals surface area contributed by atoms with Gasteiger partial charge in [-0.2, -0.15) is 0 Å². The highest BCUT2D eigenvalue weighted by Crippen LogP contribution is 2.25. The van der Waals surface area contributed by atoms with Gasteiger partial charge in [0.1, 0.15) is 5.76 Å². The zero-order valence-corrected chi connectivity index (χ0v) is 14.4. The lowest BCUT2D eigenvalue weighted by molar-refractivity contribution is 0.0949. The molecule has 4 nitrogen and oxygen atoms in total. The Morgan fingerprint density at radius 1 is 1.04 bits per heavy atom. The van der Waals surface area contributed by atoms with Crippen molar-refractivity contribution in [2.24, 2.45) is 0 Å². The zero-order valence-electron chi connectivity index (χ0n) is 14.4. The van der Waals surface area contributed by atoms with E-state index in [-0.39, 0.29) is 5.91 Å². The molecule has 0 saturated carbocycles. The summed E-state index contributed by atoms with van der Waals surface area (Å²) in [5.41, 5.74) is 4.37. The molecule has 2 aromatic heterocycles. The summed E-state index contributed by atoms with van der Waals surface area (Å²) in [6.07, 6.45) is 1.60. The third-order valence-corrected chi connectivity index (χ3v) is 4.31. The SMILES string of the molecule is Cc1ccc(-c2cc(C(=O)NCc3ccco3)c3ccccc3n2)cc1. The van der Waals surface area contributed by atoms with Crippen LogP contribution in [-0.4, -0.2) is 10.9 Å². The van der Waals surface area contributed by atoms with Gasteiger partial charge in [-0.3, -0.25) is 4.79 Å². The van der Waals surface area contributed by atoms with Gasteiger partial charge in [-0.05, 0) is 31.2 Å². The molecule has 2 aromatic carbocycles. The Morgan fingerprint density at radius 3 is 2.62 bits per heavy atom. The molecule has 0 saturated heterocycles. The number of fused-ring (bicyclic) bond motifs is 1. The van der Waals surface area contributed by atoms with Gasteiger partial charge < -0.3 is 9.73 Å². The number of nitrogens with one attached hydrogen (secondary N) is 1. The normalized spacial score (nSPS) is 10.8. The van der Waals surface area contributed by atoms with Crippen LogP contribution in [0.25, 0.3) is 22.2 Å². The summed E-state index contributed by atoms with van der Waals surface area (Å²) < 4.78 is 5.28. The van der Waals surface area contributed by atoms with Crippen LogP contribution in [0, 0.1) is 6.92 Å². The summed E-state index contributed by atoms with van der Waals surface area (Å²) in [6.45, 7) is 2.40. The number of nitrogens with zero attached hydrogens (tertiary/aromatic N) is 1. The summed E-state index contributed by atoms with van der Waals surface area (Å²) in [6, 6.07) is 21.3. The van der Waals surface area contributed by atoms with Crippen LogP contribution in [0.2, 0.25) is 0 Å². The quantitative estimate of drug-likeness (QED) is 0.583. The largest absolute Gasteiger partial charge is 0.467 e. The molecule has 0 unspecified atom stereocenters. The van der Waals surface area contributed by atoms with Crippen LogP contribution >= 0.6 is 0 Å². The van der Waals surface area contributed by atoms with E-state index in [2.05, 4.69) is 5.32 Å². The fourth-order valence-corrected chi connectivity index (χ4v) is 2.91. The number of hydrogen-bond donors (Lipinski definition) is 1. The first kappa shape index (κ1) is 16.1. The molecule has 0 fully saturated rings. The number of amides is 1. The van der Waals surface area contributed by atoms with E-state index in [0.717, 1.165) is 27.9 Å². The molecule has 0 atom stereocenters. The second-order valence-electron chi connectivity index (χ2n) is 6.20. The highest BCUT2D eigenvalue weighted by Gasteiger charge is 2.14. The van der Waals surface area contributed by atoms with Crippen LogP contribution in [0.1, 0.15) is 21.7 Å². The van der Waals surface area contributed by atoms with E-state index in [9.17, 15) is 4.79 Å². The molecule has 1 amide bonds. The number of aromatic nitrogens is 1. The molecule has 128 valence electrons. The van der Waals surface area contributed by atoms with Crippen molar-refractivity contribution in [3.8, 4) is 11.3 Å². The van der Waals surface area contributed by atoms with Crippen molar-refractivity contribution < 1.29 is 9.21 Å². The molecule has 4 heteroatoms. The molecule has 2 heterocycles. The number of para-hydroxylation sites is 1. The van der Waals surface area contributed by atoms with E-state index in [1.165, 1.54) is 5.56 Å². The lowest BCUT2D eigenvalue weighted by Gasteiger charge is -2.10. The molecule has 0 bridgehead atoms. The molecule has 26 heavy (non-hydrogen) atoms. The number of benzene rings is 2. The number of aryl methyl sites for hydroxylation is 1. The average molecular weight is 342 g/mol. The molecule has 4 aromatic rings. The summed E-state index contributed by atoms with van der Waals surface area (Å²) in [5, 5.41) is 3.75. The lowest BCUT2D eigenvalue weighted by atomic mass is 10.0. The Hall–Kier alpha value is -3.40. The van der Waals surface area contributed by atoms with Crippen molar-refractivity contribution in [1.29, 1.82) is 0 Å². The van der Waals surface area contributed by atoms with Gasteiger partial charge in [0.05, 0.1) is 29.6 Å². The van der Waals surface area contributed by atoms with Gasteiger partial charge in [0, 0.05) is 10.9 Å². The molecule has 0 radical (unpaired) electrons. The fourth-order valence-electron chi connectivity index (χ4n) is 2.91. The van der Waals surface area contributed by atoms with E-state index < -0.39 is 0 Å². The number of rotatable bonds is 4. The van der Waals surface area contributed by atoms with Crippen molar-refractivity contribution in [3.05, 3.63) is 89.9 Å². The molecule has 1 N–H and O–H groups in total. The minimum absolute atomic E-state index is 0.145. The maximum atomic E-state index is 12.8. The number of furan rings is 1. The summed E-state index contributed by atoms with van der Waals surface area (Å²) in [4.78, 5) is 17.5. The smallest absolute Gasteiger partial charge is 0.252 e. The fraction of sp³-hybridized carbons (Fsp3) is 0.0909. The van der Waals surface area contributed by atoms with Crippen LogP contribution in [0.5, 0.6) is 0 Å². The van der Waals surface area contributed by atoms with Crippen molar-refractivity contribution in [1.82, 2.24) is 10.3 Å². The highest BCUT2D eigenvalue weighted by atomic mass is 16.3. The van der Waals surface area contributed by atoms with E-state index >= 15 is 0 Å². The summed E-state index contributed by atoms with van der Waals surface area (Å²) in [5.74, 6) is 0.573. The average Bonchev–Trinajstić information content (AvgIpc) is 3.19. The highest BCUT2D eigenvalue weighted by molar-refractivity contribution is 6.07. The monoisotopic (exact) mass is 342 g/mol. The Labute approximate surface area is 151 Å². The molecule has 0 aliphatic carbocycles. The second-order valence-corrected chi connectivity index (χ2v) is 6.20. The first-order chi connectivity index (χ1) is 12.7. The third-order valence-electron chi connectivity index (χ3n) is 4.31. The first-order valence-corrected chi connectivity index (χ1v) is 8.48. The van der Waals surface area contributed by atoms with Gasteiger partial charge in [0.25, 0.3) is 5.91 Å². The number of pyridine rings is 1. The second kappa shape index (κ2) is 6.84. The van der Waals surface area contributed by atoms with Gasteiger partial charge in [-0.25, -0.2) is 4.98 Å².